The summed E-state index contributed by atoms with van der Waals surface area (Å²) in [6.45, 7) is 0.254. The molecule has 9 heteroatoms. The SMILES string of the molecule is COc1cc(C(=O)N/N=C\c2cc(Br)c(OCc3ccccc3C#N)c(Br)c2)ccc1I. The van der Waals surface area contributed by atoms with E-state index in [-0.39, 0.29) is 12.5 Å². The molecule has 0 aliphatic rings. The van der Waals surface area contributed by atoms with Crippen LogP contribution in [0.4, 0.5) is 0 Å². The van der Waals surface area contributed by atoms with Gasteiger partial charge in [0.15, 0.2) is 0 Å². The Bertz CT molecular complexity index is 1200. The first-order chi connectivity index (χ1) is 15.4. The zero-order valence-electron chi connectivity index (χ0n) is 16.7. The Morgan fingerprint density at radius 1 is 1.19 bits per heavy atom. The normalized spacial score (nSPS) is 10.6. The molecule has 6 nitrogen and oxygen atoms in total. The minimum absolute atomic E-state index is 0.254. The lowest BCUT2D eigenvalue weighted by molar-refractivity contribution is 0.0954. The van der Waals surface area contributed by atoms with Gasteiger partial charge in [-0.2, -0.15) is 10.4 Å². The monoisotopic (exact) mass is 667 g/mol. The van der Waals surface area contributed by atoms with Crippen LogP contribution < -0.4 is 14.9 Å². The maximum absolute atomic E-state index is 12.3. The lowest BCUT2D eigenvalue weighted by Gasteiger charge is -2.12. The van der Waals surface area contributed by atoms with E-state index in [2.05, 4.69) is 71.0 Å². The minimum Gasteiger partial charge on any atom is -0.496 e. The Morgan fingerprint density at radius 2 is 1.91 bits per heavy atom. The van der Waals surface area contributed by atoms with Crippen LogP contribution in [-0.2, 0) is 6.61 Å². The van der Waals surface area contributed by atoms with E-state index < -0.39 is 0 Å². The van der Waals surface area contributed by atoms with Crippen molar-refractivity contribution in [2.45, 2.75) is 6.61 Å². The predicted molar refractivity (Wildman–Crippen MR) is 138 cm³/mol. The molecule has 3 rings (SSSR count). The molecule has 0 unspecified atom stereocenters. The molecule has 0 heterocycles. The highest BCUT2D eigenvalue weighted by atomic mass is 127. The minimum atomic E-state index is -0.342. The quantitative estimate of drug-likeness (QED) is 0.189. The van der Waals surface area contributed by atoms with Crippen LogP contribution in [0.2, 0.25) is 0 Å². The Morgan fingerprint density at radius 3 is 2.59 bits per heavy atom. The summed E-state index contributed by atoms with van der Waals surface area (Å²) in [5.74, 6) is 0.887. The van der Waals surface area contributed by atoms with Gasteiger partial charge in [0.05, 0.1) is 37.5 Å². The lowest BCUT2D eigenvalue weighted by atomic mass is 10.1. The van der Waals surface area contributed by atoms with Crippen LogP contribution in [0.3, 0.4) is 0 Å². The van der Waals surface area contributed by atoms with Crippen LogP contribution in [0.25, 0.3) is 0 Å². The Kier molecular flexibility index (Phi) is 8.67. The van der Waals surface area contributed by atoms with Gasteiger partial charge in [0.2, 0.25) is 0 Å². The second-order valence-electron chi connectivity index (χ2n) is 6.42. The number of amides is 1. The Labute approximate surface area is 216 Å². The molecule has 0 aromatic heterocycles. The number of carbonyl (C=O) groups is 1. The maximum atomic E-state index is 12.3. The molecule has 0 fully saturated rings. The van der Waals surface area contributed by atoms with Gasteiger partial charge >= 0.3 is 0 Å². The number of hydrogen-bond donors (Lipinski definition) is 1. The zero-order valence-corrected chi connectivity index (χ0v) is 22.1. The van der Waals surface area contributed by atoms with Gasteiger partial charge in [0, 0.05) is 11.1 Å². The van der Waals surface area contributed by atoms with Crippen molar-refractivity contribution in [3.8, 4) is 17.6 Å². The number of nitrogens with zero attached hydrogens (tertiary/aromatic N) is 2. The van der Waals surface area contributed by atoms with Gasteiger partial charge in [-0.05, 0) is 96.4 Å². The number of ether oxygens (including phenoxy) is 2. The van der Waals surface area contributed by atoms with Gasteiger partial charge < -0.3 is 9.47 Å². The van der Waals surface area contributed by atoms with Crippen molar-refractivity contribution in [2.75, 3.05) is 7.11 Å². The number of methoxy groups -OCH3 is 1. The van der Waals surface area contributed by atoms with Crippen LogP contribution in [0.5, 0.6) is 11.5 Å². The first kappa shape index (κ1) is 24.2. The summed E-state index contributed by atoms with van der Waals surface area (Å²) in [5, 5.41) is 13.3. The van der Waals surface area contributed by atoms with Gasteiger partial charge in [-0.1, -0.05) is 18.2 Å². The summed E-state index contributed by atoms with van der Waals surface area (Å²) < 4.78 is 13.5. The second-order valence-corrected chi connectivity index (χ2v) is 9.29. The van der Waals surface area contributed by atoms with Crippen molar-refractivity contribution in [3.05, 3.63) is 89.4 Å². The zero-order chi connectivity index (χ0) is 23.1. The summed E-state index contributed by atoms with van der Waals surface area (Å²) in [6.07, 6.45) is 1.53. The third kappa shape index (κ3) is 6.09. The van der Waals surface area contributed by atoms with Crippen LogP contribution >= 0.6 is 54.5 Å². The molecule has 0 aliphatic carbocycles. The summed E-state index contributed by atoms with van der Waals surface area (Å²) >= 11 is 9.15. The number of nitrogens with one attached hydrogen (secondary N) is 1. The number of benzene rings is 3. The van der Waals surface area contributed by atoms with Gasteiger partial charge in [-0.3, -0.25) is 4.79 Å². The highest BCUT2D eigenvalue weighted by Gasteiger charge is 2.11. The molecule has 3 aromatic carbocycles. The van der Waals surface area contributed by atoms with E-state index in [4.69, 9.17) is 9.47 Å². The van der Waals surface area contributed by atoms with E-state index in [0.717, 1.165) is 14.7 Å². The highest BCUT2D eigenvalue weighted by Crippen LogP contribution is 2.35. The number of nitriles is 1. The summed E-state index contributed by atoms with van der Waals surface area (Å²) in [7, 11) is 1.56. The molecule has 32 heavy (non-hydrogen) atoms. The van der Waals surface area contributed by atoms with E-state index in [0.29, 0.717) is 31.6 Å². The molecule has 0 radical (unpaired) electrons. The molecular formula is C23H16Br2IN3O3. The predicted octanol–water partition coefficient (Wildman–Crippen LogP) is 6.04. The number of carbonyl (C=O) groups excluding carboxylic acids is 1. The smallest absolute Gasteiger partial charge is 0.271 e. The van der Waals surface area contributed by atoms with Crippen molar-refractivity contribution in [1.82, 2.24) is 5.43 Å². The molecule has 1 N–H and O–H groups in total. The summed E-state index contributed by atoms with van der Waals surface area (Å²) in [5.41, 5.74) is 5.08. The summed E-state index contributed by atoms with van der Waals surface area (Å²) in [4.78, 5) is 12.3. The largest absolute Gasteiger partial charge is 0.496 e. The molecule has 1 amide bonds. The van der Waals surface area contributed by atoms with E-state index in [1.807, 2.05) is 30.3 Å². The van der Waals surface area contributed by atoms with Crippen molar-refractivity contribution in [1.29, 1.82) is 5.26 Å². The average Bonchev–Trinajstić information content (AvgIpc) is 2.79. The Balaban J connectivity index is 1.67. The average molecular weight is 669 g/mol. The fourth-order valence-electron chi connectivity index (χ4n) is 2.73. The van der Waals surface area contributed by atoms with Gasteiger partial charge in [-0.25, -0.2) is 5.43 Å². The fourth-order valence-corrected chi connectivity index (χ4v) is 4.73. The van der Waals surface area contributed by atoms with Crippen LogP contribution in [0.15, 0.2) is 68.6 Å². The van der Waals surface area contributed by atoms with E-state index in [9.17, 15) is 10.1 Å². The van der Waals surface area contributed by atoms with Crippen molar-refractivity contribution in [2.24, 2.45) is 5.10 Å². The lowest BCUT2D eigenvalue weighted by Crippen LogP contribution is -2.17. The van der Waals surface area contributed by atoms with Crippen molar-refractivity contribution in [3.63, 3.8) is 0 Å². The van der Waals surface area contributed by atoms with Gasteiger partial charge in [0.25, 0.3) is 5.91 Å². The van der Waals surface area contributed by atoms with Gasteiger partial charge in [-0.15, -0.1) is 0 Å². The van der Waals surface area contributed by atoms with Crippen LogP contribution in [0.1, 0.15) is 27.0 Å². The number of hydrogen-bond acceptors (Lipinski definition) is 5. The molecular weight excluding hydrogens is 653 g/mol. The van der Waals surface area contributed by atoms with E-state index in [1.54, 1.807) is 31.4 Å². The first-order valence-corrected chi connectivity index (χ1v) is 11.9. The third-order valence-electron chi connectivity index (χ3n) is 4.32. The topological polar surface area (TPSA) is 83.7 Å². The Hall–Kier alpha value is -2.42. The molecule has 0 saturated heterocycles. The molecule has 162 valence electrons. The van der Waals surface area contributed by atoms with Crippen molar-refractivity contribution < 1.29 is 14.3 Å². The van der Waals surface area contributed by atoms with Crippen molar-refractivity contribution >= 4 is 66.6 Å². The number of halogens is 3. The highest BCUT2D eigenvalue weighted by molar-refractivity contribution is 14.1. The maximum Gasteiger partial charge on any atom is 0.271 e. The second kappa shape index (κ2) is 11.4. The number of rotatable bonds is 7. The summed E-state index contributed by atoms with van der Waals surface area (Å²) in [6, 6.07) is 18.3. The molecule has 0 bridgehead atoms. The van der Waals surface area contributed by atoms with E-state index in [1.165, 1.54) is 6.21 Å². The molecule has 0 saturated carbocycles. The molecule has 0 aliphatic heterocycles. The van der Waals surface area contributed by atoms with Gasteiger partial charge in [0.1, 0.15) is 18.1 Å². The van der Waals surface area contributed by atoms with E-state index >= 15 is 0 Å². The molecule has 0 atom stereocenters. The standard InChI is InChI=1S/C23H16Br2IN3O3/c1-31-21-10-15(6-7-20(21)26)23(30)29-28-12-14-8-18(24)22(19(25)9-14)32-13-17-5-3-2-4-16(17)11-27/h2-10,12H,13H2,1H3,(H,29,30)/b28-12-. The third-order valence-corrected chi connectivity index (χ3v) is 6.39. The first-order valence-electron chi connectivity index (χ1n) is 9.19. The molecule has 0 spiro atoms. The molecule has 3 aromatic rings. The van der Waals surface area contributed by atoms with Crippen LogP contribution in [0, 0.1) is 14.9 Å². The fraction of sp³-hybridized carbons (Fsp3) is 0.0870. The number of hydrazone groups is 1. The van der Waals surface area contributed by atoms with Crippen LogP contribution in [-0.4, -0.2) is 19.2 Å².